The molecule has 0 heterocycles. The molecule has 0 aromatic rings. The lowest BCUT2D eigenvalue weighted by molar-refractivity contribution is -0.137. The highest BCUT2D eigenvalue weighted by atomic mass is 32.2. The zero-order chi connectivity index (χ0) is 12.7. The van der Waals surface area contributed by atoms with Crippen LogP contribution in [-0.4, -0.2) is 34.0 Å². The largest absolute Gasteiger partial charge is 0.480 e. The Kier molecular flexibility index (Phi) is 6.88. The second-order valence-corrected chi connectivity index (χ2v) is 5.30. The molecule has 0 spiro atoms. The number of carboxylic acid groups (broad SMARTS) is 1. The number of amides is 1. The minimum atomic E-state index is -0.872. The minimum Gasteiger partial charge on any atom is -0.480 e. The predicted molar refractivity (Wildman–Crippen MR) is 66.5 cm³/mol. The lowest BCUT2D eigenvalue weighted by atomic mass is 10.1. The molecule has 0 fully saturated rings. The molecule has 0 aliphatic rings. The fraction of sp³-hybridized carbons (Fsp3) is 0.636. The van der Waals surface area contributed by atoms with Crippen molar-refractivity contribution >= 4 is 23.6 Å². The average molecular weight is 245 g/mol. The summed E-state index contributed by atoms with van der Waals surface area (Å²) in [4.78, 5) is 22.5. The Morgan fingerprint density at radius 2 is 2.00 bits per heavy atom. The Balaban J connectivity index is 4.28. The predicted octanol–water partition coefficient (Wildman–Crippen LogP) is 1.52. The van der Waals surface area contributed by atoms with Gasteiger partial charge in [-0.05, 0) is 12.8 Å². The van der Waals surface area contributed by atoms with Crippen molar-refractivity contribution in [3.63, 3.8) is 0 Å². The number of hydrogen-bond donors (Lipinski definition) is 2. The van der Waals surface area contributed by atoms with Gasteiger partial charge in [-0.1, -0.05) is 19.9 Å². The van der Waals surface area contributed by atoms with Crippen molar-refractivity contribution in [2.24, 2.45) is 5.92 Å². The van der Waals surface area contributed by atoms with Crippen LogP contribution in [0.4, 0.5) is 0 Å². The summed E-state index contributed by atoms with van der Waals surface area (Å²) in [5.41, 5.74) is 0. The lowest BCUT2D eigenvalue weighted by Gasteiger charge is -2.19. The molecule has 0 saturated carbocycles. The lowest BCUT2D eigenvalue weighted by Crippen LogP contribution is -2.34. The number of carboxylic acids is 1. The first-order valence-electron chi connectivity index (χ1n) is 5.17. The molecule has 0 aliphatic heterocycles. The Bertz CT molecular complexity index is 266. The van der Waals surface area contributed by atoms with Crippen LogP contribution in [0, 0.1) is 5.92 Å². The number of nitrogens with one attached hydrogen (secondary N) is 1. The van der Waals surface area contributed by atoms with Gasteiger partial charge in [0, 0.05) is 6.54 Å². The molecule has 2 atom stereocenters. The summed E-state index contributed by atoms with van der Waals surface area (Å²) in [6, 6.07) is 0. The summed E-state index contributed by atoms with van der Waals surface area (Å²) in [6.45, 7) is 9.28. The van der Waals surface area contributed by atoms with Crippen LogP contribution in [-0.2, 0) is 9.59 Å². The van der Waals surface area contributed by atoms with Gasteiger partial charge < -0.3 is 10.4 Å². The van der Waals surface area contributed by atoms with E-state index in [0.29, 0.717) is 6.54 Å². The van der Waals surface area contributed by atoms with Crippen molar-refractivity contribution in [3.05, 3.63) is 12.7 Å². The Morgan fingerprint density at radius 1 is 1.44 bits per heavy atom. The molecule has 4 nitrogen and oxygen atoms in total. The van der Waals surface area contributed by atoms with Gasteiger partial charge >= 0.3 is 5.97 Å². The topological polar surface area (TPSA) is 66.4 Å². The van der Waals surface area contributed by atoms with E-state index in [1.165, 1.54) is 11.8 Å². The summed E-state index contributed by atoms with van der Waals surface area (Å²) in [6.07, 6.45) is 1.59. The van der Waals surface area contributed by atoms with Gasteiger partial charge in [0.2, 0.25) is 5.91 Å². The molecule has 2 unspecified atom stereocenters. The summed E-state index contributed by atoms with van der Waals surface area (Å²) >= 11 is 1.17. The van der Waals surface area contributed by atoms with Crippen LogP contribution in [0.2, 0.25) is 0 Å². The summed E-state index contributed by atoms with van der Waals surface area (Å²) < 4.78 is 0. The molecule has 16 heavy (non-hydrogen) atoms. The third-order valence-corrected chi connectivity index (χ3v) is 3.65. The third kappa shape index (κ3) is 5.21. The Hall–Kier alpha value is -0.970. The van der Waals surface area contributed by atoms with Crippen LogP contribution in [0.1, 0.15) is 20.8 Å². The molecule has 2 N–H and O–H groups in total. The first kappa shape index (κ1) is 15.0. The molecule has 92 valence electrons. The average Bonchev–Trinajstić information content (AvgIpc) is 2.20. The number of rotatable bonds is 7. The summed E-state index contributed by atoms with van der Waals surface area (Å²) in [5, 5.41) is 10.7. The van der Waals surface area contributed by atoms with E-state index in [4.69, 9.17) is 5.11 Å². The molecule has 0 aliphatic carbocycles. The van der Waals surface area contributed by atoms with E-state index in [-0.39, 0.29) is 17.1 Å². The second-order valence-electron chi connectivity index (χ2n) is 3.81. The molecular formula is C11H19NO3S. The van der Waals surface area contributed by atoms with Gasteiger partial charge in [-0.25, -0.2) is 0 Å². The maximum absolute atomic E-state index is 11.5. The normalized spacial score (nSPS) is 14.2. The monoisotopic (exact) mass is 245 g/mol. The van der Waals surface area contributed by atoms with Crippen LogP contribution in [0.3, 0.4) is 0 Å². The smallest absolute Gasteiger partial charge is 0.316 e. The Morgan fingerprint density at radius 3 is 2.38 bits per heavy atom. The molecule has 0 radical (unpaired) electrons. The van der Waals surface area contributed by atoms with Crippen molar-refractivity contribution < 1.29 is 14.7 Å². The molecule has 0 aromatic heterocycles. The second kappa shape index (κ2) is 7.33. The van der Waals surface area contributed by atoms with E-state index < -0.39 is 11.2 Å². The fourth-order valence-electron chi connectivity index (χ4n) is 1.10. The molecule has 0 bridgehead atoms. The highest BCUT2D eigenvalue weighted by molar-refractivity contribution is 8.01. The number of carbonyl (C=O) groups excluding carboxylic acids is 1. The minimum absolute atomic E-state index is 0.00263. The van der Waals surface area contributed by atoms with Crippen molar-refractivity contribution in [1.82, 2.24) is 5.32 Å². The van der Waals surface area contributed by atoms with Gasteiger partial charge in [0.05, 0.1) is 5.25 Å². The number of thioether (sulfide) groups is 1. The highest BCUT2D eigenvalue weighted by Crippen LogP contribution is 2.24. The van der Waals surface area contributed by atoms with Crippen LogP contribution < -0.4 is 5.32 Å². The van der Waals surface area contributed by atoms with Gasteiger partial charge in [0.15, 0.2) is 0 Å². The fourth-order valence-corrected chi connectivity index (χ4v) is 2.18. The van der Waals surface area contributed by atoms with Crippen molar-refractivity contribution in [1.29, 1.82) is 0 Å². The van der Waals surface area contributed by atoms with Gasteiger partial charge in [0.25, 0.3) is 0 Å². The Labute approximate surface area is 100 Å². The molecule has 0 rings (SSSR count). The zero-order valence-electron chi connectivity index (χ0n) is 9.90. The van der Waals surface area contributed by atoms with Crippen LogP contribution in [0.15, 0.2) is 12.7 Å². The quantitative estimate of drug-likeness (QED) is 0.667. The maximum atomic E-state index is 11.5. The van der Waals surface area contributed by atoms with E-state index >= 15 is 0 Å². The molecule has 5 heteroatoms. The van der Waals surface area contributed by atoms with Crippen molar-refractivity contribution in [2.75, 3.05) is 6.54 Å². The van der Waals surface area contributed by atoms with Gasteiger partial charge in [-0.15, -0.1) is 18.3 Å². The molecule has 0 aromatic carbocycles. The maximum Gasteiger partial charge on any atom is 0.316 e. The van der Waals surface area contributed by atoms with E-state index in [1.807, 2.05) is 13.8 Å². The number of aliphatic carboxylic acids is 1. The van der Waals surface area contributed by atoms with E-state index in [1.54, 1.807) is 13.0 Å². The van der Waals surface area contributed by atoms with E-state index in [0.717, 1.165) is 0 Å². The highest BCUT2D eigenvalue weighted by Gasteiger charge is 2.27. The summed E-state index contributed by atoms with van der Waals surface area (Å²) in [5.74, 6) is -1.03. The van der Waals surface area contributed by atoms with Crippen LogP contribution >= 0.6 is 11.8 Å². The molecule has 0 saturated heterocycles. The first-order valence-corrected chi connectivity index (χ1v) is 6.11. The van der Waals surface area contributed by atoms with Gasteiger partial charge in [0.1, 0.15) is 5.25 Å². The number of hydrogen-bond acceptors (Lipinski definition) is 3. The van der Waals surface area contributed by atoms with Crippen LogP contribution in [0.5, 0.6) is 0 Å². The molecular weight excluding hydrogens is 226 g/mol. The van der Waals surface area contributed by atoms with Crippen molar-refractivity contribution in [2.45, 2.75) is 31.3 Å². The zero-order valence-corrected chi connectivity index (χ0v) is 10.7. The van der Waals surface area contributed by atoms with Crippen LogP contribution in [0.25, 0.3) is 0 Å². The van der Waals surface area contributed by atoms with E-state index in [9.17, 15) is 9.59 Å². The third-order valence-electron chi connectivity index (χ3n) is 1.99. The number of carbonyl (C=O) groups is 2. The van der Waals surface area contributed by atoms with Gasteiger partial charge in [-0.3, -0.25) is 9.59 Å². The SMILES string of the molecule is C=CCNC(=O)C(C)SC(C(=O)O)C(C)C. The first-order chi connectivity index (χ1) is 7.40. The standard InChI is InChI=1S/C11H19NO3S/c1-5-6-12-10(13)8(4)16-9(7(2)3)11(14)15/h5,7-9H,1,6H2,2-4H3,(H,12,13)(H,14,15). The van der Waals surface area contributed by atoms with E-state index in [2.05, 4.69) is 11.9 Å². The van der Waals surface area contributed by atoms with Crippen molar-refractivity contribution in [3.8, 4) is 0 Å². The van der Waals surface area contributed by atoms with Gasteiger partial charge in [-0.2, -0.15) is 0 Å². The summed E-state index contributed by atoms with van der Waals surface area (Å²) in [7, 11) is 0. The molecule has 1 amide bonds.